The summed E-state index contributed by atoms with van der Waals surface area (Å²) >= 11 is 7.46. The van der Waals surface area contributed by atoms with Crippen molar-refractivity contribution in [3.63, 3.8) is 0 Å². The van der Waals surface area contributed by atoms with Gasteiger partial charge in [-0.15, -0.1) is 11.8 Å². The summed E-state index contributed by atoms with van der Waals surface area (Å²) in [5.74, 6) is 0.635. The molecule has 0 radical (unpaired) electrons. The number of thioether (sulfide) groups is 1. The molecule has 0 saturated carbocycles. The lowest BCUT2D eigenvalue weighted by Gasteiger charge is -2.09. The Morgan fingerprint density at radius 2 is 2.16 bits per heavy atom. The molecule has 1 amide bonds. The number of hydrogen-bond donors (Lipinski definition) is 2. The maximum Gasteiger partial charge on any atom is 0.341 e. The summed E-state index contributed by atoms with van der Waals surface area (Å²) in [5, 5.41) is 15.4. The Kier molecular flexibility index (Phi) is 6.72. The van der Waals surface area contributed by atoms with E-state index in [1.54, 1.807) is 6.07 Å². The van der Waals surface area contributed by atoms with Crippen LogP contribution in [0.15, 0.2) is 22.7 Å². The number of nitrogens with zero attached hydrogens (tertiary/aromatic N) is 1. The molecule has 0 atom stereocenters. The molecule has 0 aliphatic heterocycles. The van der Waals surface area contributed by atoms with Crippen molar-refractivity contribution in [1.29, 1.82) is 0 Å². The molecule has 0 fully saturated rings. The largest absolute Gasteiger partial charge is 0.480 e. The summed E-state index contributed by atoms with van der Waals surface area (Å²) in [7, 11) is 0. The van der Waals surface area contributed by atoms with Gasteiger partial charge in [-0.1, -0.05) is 16.8 Å². The molecule has 1 heterocycles. The van der Waals surface area contributed by atoms with E-state index < -0.39 is 12.6 Å². The number of aliphatic carboxylic acids is 1. The lowest BCUT2D eigenvalue weighted by Crippen LogP contribution is -2.14. The van der Waals surface area contributed by atoms with Crippen molar-refractivity contribution in [2.24, 2.45) is 0 Å². The number of carbonyl (C=O) groups excluding carboxylic acids is 1. The normalized spacial score (nSPS) is 10.5. The van der Waals surface area contributed by atoms with E-state index in [0.29, 0.717) is 11.4 Å². The number of nitrogens with one attached hydrogen (secondary N) is 1. The summed E-state index contributed by atoms with van der Waals surface area (Å²) in [6.07, 6.45) is 0. The van der Waals surface area contributed by atoms with Crippen molar-refractivity contribution in [3.05, 3.63) is 40.2 Å². The van der Waals surface area contributed by atoms with Crippen molar-refractivity contribution in [1.82, 2.24) is 5.16 Å². The molecule has 134 valence electrons. The van der Waals surface area contributed by atoms with Gasteiger partial charge in [-0.2, -0.15) is 0 Å². The van der Waals surface area contributed by atoms with Gasteiger partial charge in [-0.3, -0.25) is 4.79 Å². The molecule has 25 heavy (non-hydrogen) atoms. The predicted octanol–water partition coefficient (Wildman–Crippen LogP) is 3.28. The SMILES string of the molecule is Cc1noc(C)c1CSCC(=O)Nc1ccc(OCC(=O)O)c(Cl)c1. The van der Waals surface area contributed by atoms with Gasteiger partial charge in [-0.05, 0) is 32.0 Å². The Labute approximate surface area is 153 Å². The first-order valence-electron chi connectivity index (χ1n) is 7.30. The quantitative estimate of drug-likeness (QED) is 0.720. The molecule has 2 rings (SSSR count). The third-order valence-electron chi connectivity index (χ3n) is 3.23. The molecule has 7 nitrogen and oxygen atoms in total. The van der Waals surface area contributed by atoms with Crippen LogP contribution in [0.4, 0.5) is 5.69 Å². The molecular formula is C16H17ClN2O5S. The minimum Gasteiger partial charge on any atom is -0.480 e. The van der Waals surface area contributed by atoms with Crippen LogP contribution in [0.25, 0.3) is 0 Å². The number of rotatable bonds is 8. The minimum absolute atomic E-state index is 0.174. The highest BCUT2D eigenvalue weighted by Crippen LogP contribution is 2.28. The van der Waals surface area contributed by atoms with Gasteiger partial charge in [0.15, 0.2) is 6.61 Å². The van der Waals surface area contributed by atoms with Crippen molar-refractivity contribution in [2.75, 3.05) is 17.7 Å². The number of carboxylic acid groups (broad SMARTS) is 1. The summed E-state index contributed by atoms with van der Waals surface area (Å²) in [5.41, 5.74) is 2.34. The van der Waals surface area contributed by atoms with Gasteiger partial charge in [0.25, 0.3) is 0 Å². The fraction of sp³-hybridized carbons (Fsp3) is 0.312. The van der Waals surface area contributed by atoms with Crippen LogP contribution in [0.2, 0.25) is 5.02 Å². The zero-order valence-corrected chi connectivity index (χ0v) is 15.2. The second-order valence-electron chi connectivity index (χ2n) is 5.17. The summed E-state index contributed by atoms with van der Waals surface area (Å²) in [4.78, 5) is 22.5. The lowest BCUT2D eigenvalue weighted by atomic mass is 10.2. The number of ether oxygens (including phenoxy) is 1. The smallest absolute Gasteiger partial charge is 0.341 e. The highest BCUT2D eigenvalue weighted by Gasteiger charge is 2.11. The first kappa shape index (κ1) is 19.1. The van der Waals surface area contributed by atoms with Gasteiger partial charge >= 0.3 is 5.97 Å². The van der Waals surface area contributed by atoms with E-state index in [1.165, 1.54) is 23.9 Å². The Morgan fingerprint density at radius 1 is 1.40 bits per heavy atom. The van der Waals surface area contributed by atoms with E-state index in [2.05, 4.69) is 10.5 Å². The molecule has 0 saturated heterocycles. The number of halogens is 1. The van der Waals surface area contributed by atoms with Crippen LogP contribution < -0.4 is 10.1 Å². The molecule has 9 heteroatoms. The Hall–Kier alpha value is -2.19. The number of aryl methyl sites for hydroxylation is 2. The third kappa shape index (κ3) is 5.68. The standard InChI is InChI=1S/C16H17ClN2O5S/c1-9-12(10(2)24-19-9)7-25-8-15(20)18-11-3-4-14(13(17)5-11)23-6-16(21)22/h3-5H,6-8H2,1-2H3,(H,18,20)(H,21,22). The zero-order valence-electron chi connectivity index (χ0n) is 13.7. The van der Waals surface area contributed by atoms with Crippen LogP contribution in [0.1, 0.15) is 17.0 Å². The van der Waals surface area contributed by atoms with Gasteiger partial charge in [0.05, 0.1) is 16.5 Å². The fourth-order valence-electron chi connectivity index (χ4n) is 1.99. The molecule has 0 spiro atoms. The number of carboxylic acids is 1. The lowest BCUT2D eigenvalue weighted by molar-refractivity contribution is -0.139. The third-order valence-corrected chi connectivity index (χ3v) is 4.48. The van der Waals surface area contributed by atoms with Crippen molar-refractivity contribution >= 4 is 40.9 Å². The molecule has 0 unspecified atom stereocenters. The molecule has 2 N–H and O–H groups in total. The van der Waals surface area contributed by atoms with E-state index in [4.69, 9.17) is 26.0 Å². The van der Waals surface area contributed by atoms with E-state index in [9.17, 15) is 9.59 Å². The number of aromatic nitrogens is 1. The van der Waals surface area contributed by atoms with Crippen molar-refractivity contribution in [2.45, 2.75) is 19.6 Å². The number of amides is 1. The first-order chi connectivity index (χ1) is 11.9. The zero-order chi connectivity index (χ0) is 18.4. The molecule has 2 aromatic rings. The van der Waals surface area contributed by atoms with Gasteiger partial charge in [0.1, 0.15) is 11.5 Å². The van der Waals surface area contributed by atoms with Gasteiger partial charge in [-0.25, -0.2) is 4.79 Å². The molecule has 0 bridgehead atoms. The van der Waals surface area contributed by atoms with E-state index >= 15 is 0 Å². The van der Waals surface area contributed by atoms with Gasteiger partial charge in [0, 0.05) is 17.0 Å². The Balaban J connectivity index is 1.84. The average Bonchev–Trinajstić information content (AvgIpc) is 2.86. The monoisotopic (exact) mass is 384 g/mol. The fourth-order valence-corrected chi connectivity index (χ4v) is 3.20. The van der Waals surface area contributed by atoms with Crippen molar-refractivity contribution in [3.8, 4) is 5.75 Å². The van der Waals surface area contributed by atoms with Crippen LogP contribution in [0, 0.1) is 13.8 Å². The summed E-state index contributed by atoms with van der Waals surface area (Å²) in [6.45, 7) is 3.22. The van der Waals surface area contributed by atoms with Gasteiger partial charge < -0.3 is 19.7 Å². The van der Waals surface area contributed by atoms with E-state index in [1.807, 2.05) is 13.8 Å². The van der Waals surface area contributed by atoms with Gasteiger partial charge in [0.2, 0.25) is 5.91 Å². The number of anilines is 1. The highest BCUT2D eigenvalue weighted by atomic mass is 35.5. The number of hydrogen-bond acceptors (Lipinski definition) is 6. The Morgan fingerprint density at radius 3 is 2.76 bits per heavy atom. The maximum absolute atomic E-state index is 12.0. The topological polar surface area (TPSA) is 102 Å². The number of benzene rings is 1. The van der Waals surface area contributed by atoms with Crippen LogP contribution in [0.5, 0.6) is 5.75 Å². The van der Waals surface area contributed by atoms with Crippen LogP contribution in [0.3, 0.4) is 0 Å². The predicted molar refractivity (Wildman–Crippen MR) is 95.4 cm³/mol. The van der Waals surface area contributed by atoms with Crippen LogP contribution >= 0.6 is 23.4 Å². The molecule has 1 aromatic heterocycles. The highest BCUT2D eigenvalue weighted by molar-refractivity contribution is 7.99. The van der Waals surface area contributed by atoms with E-state index in [0.717, 1.165) is 17.0 Å². The first-order valence-corrected chi connectivity index (χ1v) is 8.83. The van der Waals surface area contributed by atoms with Crippen molar-refractivity contribution < 1.29 is 24.0 Å². The summed E-state index contributed by atoms with van der Waals surface area (Å²) in [6, 6.07) is 4.62. The number of carbonyl (C=O) groups is 2. The molecule has 0 aliphatic carbocycles. The Bertz CT molecular complexity index is 758. The maximum atomic E-state index is 12.0. The average molecular weight is 385 g/mol. The molecular weight excluding hydrogens is 368 g/mol. The van der Waals surface area contributed by atoms with E-state index in [-0.39, 0.29) is 22.4 Å². The molecule has 0 aliphatic rings. The minimum atomic E-state index is -1.09. The van der Waals surface area contributed by atoms with Crippen LogP contribution in [-0.4, -0.2) is 34.5 Å². The second kappa shape index (κ2) is 8.77. The summed E-state index contributed by atoms with van der Waals surface area (Å²) < 4.78 is 10.1. The van der Waals surface area contributed by atoms with Crippen LogP contribution in [-0.2, 0) is 15.3 Å². The molecule has 1 aromatic carbocycles. The second-order valence-corrected chi connectivity index (χ2v) is 6.56.